The Morgan fingerprint density at radius 2 is 2.00 bits per heavy atom. The molecule has 2 atom stereocenters. The molecule has 0 aliphatic carbocycles. The molecule has 0 bridgehead atoms. The fourth-order valence-corrected chi connectivity index (χ4v) is 6.24. The molecule has 1 saturated heterocycles. The summed E-state index contributed by atoms with van der Waals surface area (Å²) >= 11 is 1.25. The molecule has 1 aliphatic heterocycles. The van der Waals surface area contributed by atoms with E-state index in [1.807, 2.05) is 18.4 Å². The average Bonchev–Trinajstić information content (AvgIpc) is 3.23. The highest BCUT2D eigenvalue weighted by molar-refractivity contribution is 8.00. The zero-order valence-corrected chi connectivity index (χ0v) is 19.2. The summed E-state index contributed by atoms with van der Waals surface area (Å²) in [7, 11) is -1.43. The van der Waals surface area contributed by atoms with Crippen molar-refractivity contribution in [2.45, 2.75) is 50.2 Å². The monoisotopic (exact) mass is 454 g/mol. The van der Waals surface area contributed by atoms with Crippen LogP contribution in [-0.2, 0) is 21.2 Å². The summed E-state index contributed by atoms with van der Waals surface area (Å²) in [6.07, 6.45) is 0.461. The Labute approximate surface area is 181 Å². The highest BCUT2D eigenvalue weighted by atomic mass is 32.2. The SMILES string of the molecule is CC(C)Cn1c(SC(C)C(=O)N(C)C2CCS(=O)(=O)C2)nnc1-c1ccccc1F. The number of hydrogen-bond donors (Lipinski definition) is 0. The van der Waals surface area contributed by atoms with Crippen molar-refractivity contribution in [2.24, 2.45) is 5.92 Å². The number of nitrogens with zero attached hydrogens (tertiary/aromatic N) is 4. The lowest BCUT2D eigenvalue weighted by Crippen LogP contribution is -2.41. The first-order chi connectivity index (χ1) is 14.1. The van der Waals surface area contributed by atoms with E-state index in [2.05, 4.69) is 10.2 Å². The molecule has 0 N–H and O–H groups in total. The second-order valence-corrected chi connectivity index (χ2v) is 11.6. The van der Waals surface area contributed by atoms with Crippen LogP contribution in [0.3, 0.4) is 0 Å². The zero-order chi connectivity index (χ0) is 22.1. The lowest BCUT2D eigenvalue weighted by molar-refractivity contribution is -0.130. The van der Waals surface area contributed by atoms with E-state index in [0.29, 0.717) is 29.5 Å². The van der Waals surface area contributed by atoms with Gasteiger partial charge in [-0.05, 0) is 31.4 Å². The van der Waals surface area contributed by atoms with E-state index in [4.69, 9.17) is 0 Å². The molecular weight excluding hydrogens is 427 g/mol. The van der Waals surface area contributed by atoms with Gasteiger partial charge in [0.25, 0.3) is 0 Å². The van der Waals surface area contributed by atoms with Crippen LogP contribution in [0, 0.1) is 11.7 Å². The third-order valence-corrected chi connectivity index (χ3v) is 7.93. The minimum atomic E-state index is -3.07. The van der Waals surface area contributed by atoms with Gasteiger partial charge >= 0.3 is 0 Å². The Morgan fingerprint density at radius 3 is 2.60 bits per heavy atom. The Kier molecular flexibility index (Phi) is 6.86. The number of thioether (sulfide) groups is 1. The van der Waals surface area contributed by atoms with E-state index >= 15 is 0 Å². The summed E-state index contributed by atoms with van der Waals surface area (Å²) in [4.78, 5) is 14.4. The number of rotatable bonds is 7. The zero-order valence-electron chi connectivity index (χ0n) is 17.6. The first-order valence-electron chi connectivity index (χ1n) is 9.91. The second-order valence-electron chi connectivity index (χ2n) is 8.06. The quantitative estimate of drug-likeness (QED) is 0.598. The summed E-state index contributed by atoms with van der Waals surface area (Å²) < 4.78 is 39.7. The fourth-order valence-electron chi connectivity index (χ4n) is 3.50. The first kappa shape index (κ1) is 22.7. The van der Waals surface area contributed by atoms with Crippen molar-refractivity contribution in [3.8, 4) is 11.4 Å². The van der Waals surface area contributed by atoms with Gasteiger partial charge in [0.2, 0.25) is 5.91 Å². The maximum atomic E-state index is 14.3. The molecule has 1 aromatic heterocycles. The van der Waals surface area contributed by atoms with Crippen LogP contribution in [0.25, 0.3) is 11.4 Å². The molecule has 0 radical (unpaired) electrons. The van der Waals surface area contributed by atoms with Crippen molar-refractivity contribution in [1.29, 1.82) is 0 Å². The highest BCUT2D eigenvalue weighted by Crippen LogP contribution is 2.30. The van der Waals surface area contributed by atoms with Gasteiger partial charge in [0.1, 0.15) is 5.82 Å². The smallest absolute Gasteiger partial charge is 0.235 e. The largest absolute Gasteiger partial charge is 0.341 e. The van der Waals surface area contributed by atoms with E-state index < -0.39 is 15.1 Å². The number of halogens is 1. The fraction of sp³-hybridized carbons (Fsp3) is 0.550. The Bertz CT molecular complexity index is 1020. The van der Waals surface area contributed by atoms with E-state index in [9.17, 15) is 17.6 Å². The van der Waals surface area contributed by atoms with Gasteiger partial charge in [0.15, 0.2) is 20.8 Å². The van der Waals surface area contributed by atoms with Crippen LogP contribution < -0.4 is 0 Å². The van der Waals surface area contributed by atoms with Crippen LogP contribution >= 0.6 is 11.8 Å². The molecule has 0 spiro atoms. The van der Waals surface area contributed by atoms with Crippen LogP contribution in [0.1, 0.15) is 27.2 Å². The topological polar surface area (TPSA) is 85.2 Å². The first-order valence-corrected chi connectivity index (χ1v) is 12.6. The van der Waals surface area contributed by atoms with Crippen LogP contribution in [0.5, 0.6) is 0 Å². The van der Waals surface area contributed by atoms with Gasteiger partial charge in [-0.15, -0.1) is 10.2 Å². The lowest BCUT2D eigenvalue weighted by atomic mass is 10.2. The van der Waals surface area contributed by atoms with Crippen LogP contribution in [-0.4, -0.2) is 63.8 Å². The molecule has 2 unspecified atom stereocenters. The summed E-state index contributed by atoms with van der Waals surface area (Å²) in [5.74, 6) is 0.285. The van der Waals surface area contributed by atoms with E-state index in [0.717, 1.165) is 0 Å². The molecule has 7 nitrogen and oxygen atoms in total. The van der Waals surface area contributed by atoms with Crippen LogP contribution in [0.2, 0.25) is 0 Å². The van der Waals surface area contributed by atoms with Gasteiger partial charge in [-0.25, -0.2) is 12.8 Å². The van der Waals surface area contributed by atoms with Crippen molar-refractivity contribution < 1.29 is 17.6 Å². The molecular formula is C20H27FN4O3S2. The summed E-state index contributed by atoms with van der Waals surface area (Å²) in [6, 6.07) is 6.11. The number of carbonyl (C=O) groups excluding carboxylic acids is 1. The van der Waals surface area contributed by atoms with E-state index in [1.165, 1.54) is 22.7 Å². The molecule has 1 aliphatic rings. The molecule has 2 aromatic rings. The molecule has 1 amide bonds. The molecule has 1 aromatic carbocycles. The predicted molar refractivity (Wildman–Crippen MR) is 115 cm³/mol. The molecule has 2 heterocycles. The van der Waals surface area contributed by atoms with Crippen molar-refractivity contribution >= 4 is 27.5 Å². The summed E-state index contributed by atoms with van der Waals surface area (Å²) in [5.41, 5.74) is 0.366. The number of benzene rings is 1. The van der Waals surface area contributed by atoms with Crippen molar-refractivity contribution in [3.05, 3.63) is 30.1 Å². The summed E-state index contributed by atoms with van der Waals surface area (Å²) in [5, 5.41) is 8.49. The average molecular weight is 455 g/mol. The normalized spacial score (nSPS) is 19.2. The molecule has 1 fully saturated rings. The Hall–Kier alpha value is -1.94. The third-order valence-electron chi connectivity index (χ3n) is 5.11. The number of amides is 1. The molecule has 0 saturated carbocycles. The van der Waals surface area contributed by atoms with E-state index in [1.54, 1.807) is 32.2 Å². The van der Waals surface area contributed by atoms with Crippen molar-refractivity contribution in [3.63, 3.8) is 0 Å². The lowest BCUT2D eigenvalue weighted by Gasteiger charge is -2.26. The second kappa shape index (κ2) is 9.05. The molecule has 30 heavy (non-hydrogen) atoms. The minimum Gasteiger partial charge on any atom is -0.341 e. The van der Waals surface area contributed by atoms with Gasteiger partial charge in [0.05, 0.1) is 22.3 Å². The maximum Gasteiger partial charge on any atom is 0.235 e. The molecule has 10 heteroatoms. The van der Waals surface area contributed by atoms with Gasteiger partial charge in [0, 0.05) is 19.6 Å². The third kappa shape index (κ3) is 5.03. The van der Waals surface area contributed by atoms with Gasteiger partial charge in [-0.3, -0.25) is 4.79 Å². The van der Waals surface area contributed by atoms with Gasteiger partial charge in [-0.1, -0.05) is 37.7 Å². The number of carbonyl (C=O) groups is 1. The number of sulfone groups is 1. The highest BCUT2D eigenvalue weighted by Gasteiger charge is 2.34. The molecule has 164 valence electrons. The van der Waals surface area contributed by atoms with Gasteiger partial charge in [-0.2, -0.15) is 0 Å². The number of hydrogen-bond acceptors (Lipinski definition) is 6. The summed E-state index contributed by atoms with van der Waals surface area (Å²) in [6.45, 7) is 6.44. The van der Waals surface area contributed by atoms with Crippen LogP contribution in [0.4, 0.5) is 4.39 Å². The van der Waals surface area contributed by atoms with Crippen molar-refractivity contribution in [1.82, 2.24) is 19.7 Å². The Morgan fingerprint density at radius 1 is 1.30 bits per heavy atom. The maximum absolute atomic E-state index is 14.3. The minimum absolute atomic E-state index is 0.00753. The Balaban J connectivity index is 1.82. The van der Waals surface area contributed by atoms with Crippen LogP contribution in [0.15, 0.2) is 29.4 Å². The van der Waals surface area contributed by atoms with Gasteiger partial charge < -0.3 is 9.47 Å². The number of aromatic nitrogens is 3. The predicted octanol–water partition coefficient (Wildman–Crippen LogP) is 2.87. The standard InChI is InChI=1S/C20H27FN4O3S2/c1-13(2)11-25-18(16-7-5-6-8-17(16)21)22-23-20(25)29-14(3)19(26)24(4)15-9-10-30(27,28)12-15/h5-8,13-15H,9-12H2,1-4H3. The van der Waals surface area contributed by atoms with E-state index in [-0.39, 0.29) is 35.2 Å². The van der Waals surface area contributed by atoms with Crippen molar-refractivity contribution in [2.75, 3.05) is 18.6 Å². The molecule has 3 rings (SSSR count).